The van der Waals surface area contributed by atoms with Gasteiger partial charge in [0.1, 0.15) is 11.8 Å². The molecule has 2 heterocycles. The SMILES string of the molecule is CCOc1ccc(S(=O)(=O)NC(Cc2c[nH]c3ccccc23)C(=O)NNC(=O)c2ccco2)cc1. The number of sulfonamides is 1. The van der Waals surface area contributed by atoms with Gasteiger partial charge in [0, 0.05) is 17.1 Å². The number of fused-ring (bicyclic) bond motifs is 1. The number of rotatable bonds is 9. The molecule has 11 heteroatoms. The van der Waals surface area contributed by atoms with Crippen molar-refractivity contribution in [2.24, 2.45) is 0 Å². The van der Waals surface area contributed by atoms with E-state index in [0.29, 0.717) is 12.4 Å². The fourth-order valence-corrected chi connectivity index (χ4v) is 4.72. The van der Waals surface area contributed by atoms with Gasteiger partial charge in [-0.2, -0.15) is 4.72 Å². The predicted molar refractivity (Wildman–Crippen MR) is 128 cm³/mol. The van der Waals surface area contributed by atoms with E-state index in [2.05, 4.69) is 20.6 Å². The highest BCUT2D eigenvalue weighted by molar-refractivity contribution is 7.89. The minimum atomic E-state index is -4.08. The Hall–Kier alpha value is -4.09. The first-order valence-electron chi connectivity index (χ1n) is 10.8. The van der Waals surface area contributed by atoms with Crippen LogP contribution in [0.5, 0.6) is 5.75 Å². The lowest BCUT2D eigenvalue weighted by molar-refractivity contribution is -0.123. The summed E-state index contributed by atoms with van der Waals surface area (Å²) < 4.78 is 39.0. The zero-order chi connectivity index (χ0) is 24.8. The number of hydrogen-bond acceptors (Lipinski definition) is 6. The molecule has 2 aromatic heterocycles. The van der Waals surface area contributed by atoms with Crippen LogP contribution in [0.3, 0.4) is 0 Å². The average molecular weight is 497 g/mol. The molecule has 0 aliphatic heterocycles. The summed E-state index contributed by atoms with van der Waals surface area (Å²) in [4.78, 5) is 28.2. The summed E-state index contributed by atoms with van der Waals surface area (Å²) in [5, 5.41) is 0.852. The molecule has 4 N–H and O–H groups in total. The quantitative estimate of drug-likeness (QED) is 0.262. The van der Waals surface area contributed by atoms with E-state index in [1.54, 1.807) is 6.20 Å². The molecule has 1 atom stereocenters. The Morgan fingerprint density at radius 1 is 1.03 bits per heavy atom. The number of aromatic amines is 1. The van der Waals surface area contributed by atoms with E-state index in [-0.39, 0.29) is 17.1 Å². The first kappa shape index (κ1) is 24.0. The van der Waals surface area contributed by atoms with Crippen molar-refractivity contribution in [3.8, 4) is 5.75 Å². The van der Waals surface area contributed by atoms with Crippen LogP contribution in [0.25, 0.3) is 10.9 Å². The molecule has 182 valence electrons. The van der Waals surface area contributed by atoms with Crippen molar-refractivity contribution in [3.05, 3.63) is 84.4 Å². The third-order valence-electron chi connectivity index (χ3n) is 5.20. The number of carbonyl (C=O) groups excluding carboxylic acids is 2. The molecule has 2 aromatic carbocycles. The Morgan fingerprint density at radius 2 is 1.80 bits per heavy atom. The summed E-state index contributed by atoms with van der Waals surface area (Å²) in [7, 11) is -4.08. The van der Waals surface area contributed by atoms with Crippen LogP contribution < -0.4 is 20.3 Å². The van der Waals surface area contributed by atoms with E-state index in [9.17, 15) is 18.0 Å². The molecule has 0 spiro atoms. The maximum Gasteiger partial charge on any atom is 0.305 e. The zero-order valence-electron chi connectivity index (χ0n) is 18.8. The number of hydrazine groups is 1. The minimum absolute atomic E-state index is 0.00607. The van der Waals surface area contributed by atoms with Crippen LogP contribution in [0.4, 0.5) is 0 Å². The van der Waals surface area contributed by atoms with E-state index in [4.69, 9.17) is 9.15 Å². The fraction of sp³-hybridized carbons (Fsp3) is 0.167. The van der Waals surface area contributed by atoms with Gasteiger partial charge < -0.3 is 14.1 Å². The zero-order valence-corrected chi connectivity index (χ0v) is 19.6. The number of ether oxygens (including phenoxy) is 1. The minimum Gasteiger partial charge on any atom is -0.494 e. The maximum atomic E-state index is 13.1. The normalized spacial score (nSPS) is 12.3. The second-order valence-corrected chi connectivity index (χ2v) is 9.28. The van der Waals surface area contributed by atoms with Gasteiger partial charge in [0.05, 0.1) is 17.8 Å². The van der Waals surface area contributed by atoms with E-state index in [1.807, 2.05) is 31.2 Å². The number of H-pyrrole nitrogens is 1. The summed E-state index contributed by atoms with van der Waals surface area (Å²) in [6.07, 6.45) is 3.07. The Balaban J connectivity index is 1.56. The van der Waals surface area contributed by atoms with Crippen molar-refractivity contribution < 1.29 is 27.2 Å². The number of benzene rings is 2. The van der Waals surface area contributed by atoms with Crippen molar-refractivity contribution >= 4 is 32.7 Å². The van der Waals surface area contributed by atoms with Crippen LogP contribution >= 0.6 is 0 Å². The molecule has 2 amide bonds. The van der Waals surface area contributed by atoms with Gasteiger partial charge >= 0.3 is 5.91 Å². The molecule has 4 rings (SSSR count). The second kappa shape index (κ2) is 10.5. The van der Waals surface area contributed by atoms with Crippen molar-refractivity contribution in [1.29, 1.82) is 0 Å². The molecule has 35 heavy (non-hydrogen) atoms. The third-order valence-corrected chi connectivity index (χ3v) is 6.69. The summed E-state index contributed by atoms with van der Waals surface area (Å²) >= 11 is 0. The number of amides is 2. The lowest BCUT2D eigenvalue weighted by Gasteiger charge is -2.19. The Labute approximate surface area is 201 Å². The van der Waals surface area contributed by atoms with Crippen LogP contribution in [-0.2, 0) is 21.2 Å². The van der Waals surface area contributed by atoms with Gasteiger partial charge in [0.15, 0.2) is 5.76 Å². The molecule has 0 aliphatic rings. The fourth-order valence-electron chi connectivity index (χ4n) is 3.52. The summed E-state index contributed by atoms with van der Waals surface area (Å²) in [5.41, 5.74) is 6.09. The van der Waals surface area contributed by atoms with Crippen LogP contribution in [0, 0.1) is 0 Å². The second-order valence-electron chi connectivity index (χ2n) is 7.56. The van der Waals surface area contributed by atoms with Crippen LogP contribution in [0.15, 0.2) is 82.4 Å². The molecule has 0 radical (unpaired) electrons. The summed E-state index contributed by atoms with van der Waals surface area (Å²) in [5.74, 6) is -0.901. The molecule has 1 unspecified atom stereocenters. The van der Waals surface area contributed by atoms with Gasteiger partial charge in [-0.05, 0) is 61.4 Å². The van der Waals surface area contributed by atoms with Gasteiger partial charge in [0.2, 0.25) is 10.0 Å². The highest BCUT2D eigenvalue weighted by atomic mass is 32.2. The molecule has 0 saturated carbocycles. The van der Waals surface area contributed by atoms with Gasteiger partial charge in [-0.15, -0.1) is 0 Å². The maximum absolute atomic E-state index is 13.1. The molecular weight excluding hydrogens is 472 g/mol. The van der Waals surface area contributed by atoms with E-state index in [0.717, 1.165) is 16.5 Å². The van der Waals surface area contributed by atoms with Gasteiger partial charge in [0.25, 0.3) is 5.91 Å². The Bertz CT molecular complexity index is 1410. The molecule has 0 fully saturated rings. The van der Waals surface area contributed by atoms with E-state index < -0.39 is 27.9 Å². The van der Waals surface area contributed by atoms with Crippen LogP contribution in [0.1, 0.15) is 23.0 Å². The third kappa shape index (κ3) is 5.70. The van der Waals surface area contributed by atoms with Crippen molar-refractivity contribution in [2.45, 2.75) is 24.3 Å². The number of para-hydroxylation sites is 1. The molecule has 0 bridgehead atoms. The smallest absolute Gasteiger partial charge is 0.305 e. The number of furan rings is 1. The molecular formula is C24H24N4O6S. The lowest BCUT2D eigenvalue weighted by atomic mass is 10.1. The van der Waals surface area contributed by atoms with Crippen molar-refractivity contribution in [3.63, 3.8) is 0 Å². The molecule has 0 aliphatic carbocycles. The van der Waals surface area contributed by atoms with E-state index >= 15 is 0 Å². The first-order chi connectivity index (χ1) is 16.9. The summed E-state index contributed by atoms with van der Waals surface area (Å²) in [6, 6.07) is 15.1. The monoisotopic (exact) mass is 496 g/mol. The standard InChI is InChI=1S/C24H24N4O6S/c1-2-33-17-9-11-18(12-10-17)35(31,32)28-21(14-16-15-25-20-7-4-3-6-19(16)20)23(29)26-27-24(30)22-8-5-13-34-22/h3-13,15,21,25,28H,2,14H2,1H3,(H,26,29)(H,27,30). The average Bonchev–Trinajstić information content (AvgIpc) is 3.53. The Kier molecular flexibility index (Phi) is 7.18. The number of aromatic nitrogens is 1. The van der Waals surface area contributed by atoms with Crippen molar-refractivity contribution in [2.75, 3.05) is 6.61 Å². The van der Waals surface area contributed by atoms with Crippen LogP contribution in [-0.4, -0.2) is 37.9 Å². The number of hydrogen-bond donors (Lipinski definition) is 4. The topological polar surface area (TPSA) is 143 Å². The number of carbonyl (C=O) groups is 2. The molecule has 10 nitrogen and oxygen atoms in total. The highest BCUT2D eigenvalue weighted by Gasteiger charge is 2.27. The van der Waals surface area contributed by atoms with Crippen molar-refractivity contribution in [1.82, 2.24) is 20.6 Å². The molecule has 4 aromatic rings. The van der Waals surface area contributed by atoms with Gasteiger partial charge in [-0.3, -0.25) is 20.4 Å². The Morgan fingerprint density at radius 3 is 2.51 bits per heavy atom. The molecule has 0 saturated heterocycles. The van der Waals surface area contributed by atoms with Gasteiger partial charge in [-0.25, -0.2) is 8.42 Å². The summed E-state index contributed by atoms with van der Waals surface area (Å²) in [6.45, 7) is 2.27. The highest BCUT2D eigenvalue weighted by Crippen LogP contribution is 2.21. The first-order valence-corrected chi connectivity index (χ1v) is 12.3. The van der Waals surface area contributed by atoms with Crippen LogP contribution in [0.2, 0.25) is 0 Å². The largest absolute Gasteiger partial charge is 0.494 e. The lowest BCUT2D eigenvalue weighted by Crippen LogP contribution is -2.53. The van der Waals surface area contributed by atoms with Gasteiger partial charge in [-0.1, -0.05) is 18.2 Å². The number of nitrogens with one attached hydrogen (secondary N) is 4. The van der Waals surface area contributed by atoms with E-state index in [1.165, 1.54) is 42.7 Å². The predicted octanol–water partition coefficient (Wildman–Crippen LogP) is 2.51.